The molecular weight excluding hydrogens is 329 g/mol. The predicted octanol–water partition coefficient (Wildman–Crippen LogP) is 2.83. The summed E-state index contributed by atoms with van der Waals surface area (Å²) in [5, 5.41) is 3.17. The lowest BCUT2D eigenvalue weighted by Gasteiger charge is -2.24. The summed E-state index contributed by atoms with van der Waals surface area (Å²) >= 11 is 0. The van der Waals surface area contributed by atoms with Gasteiger partial charge >= 0.3 is 0 Å². The van der Waals surface area contributed by atoms with E-state index in [4.69, 9.17) is 0 Å². The van der Waals surface area contributed by atoms with E-state index < -0.39 is 22.0 Å². The highest BCUT2D eigenvalue weighted by atomic mass is 32.2. The zero-order valence-electron chi connectivity index (χ0n) is 13.0. The van der Waals surface area contributed by atoms with Crippen molar-refractivity contribution in [3.8, 4) is 0 Å². The summed E-state index contributed by atoms with van der Waals surface area (Å²) in [7, 11) is -3.70. The first-order valence-corrected chi connectivity index (χ1v) is 9.46. The average Bonchev–Trinajstić information content (AvgIpc) is 3.16. The standard InChI is InChI=1S/C17H18FN3O2S/c18-12-6-5-9-15-16(12)17(20-24(15,22)23)19-13-7-1-2-8-14(13)21-10-3-4-11-21/h1-2,5-9,17,19-20H,3-4,10-11H2. The molecular formula is C17H18FN3O2S. The van der Waals surface area contributed by atoms with Crippen LogP contribution in [0.15, 0.2) is 47.4 Å². The van der Waals surface area contributed by atoms with Gasteiger partial charge < -0.3 is 10.2 Å². The van der Waals surface area contributed by atoms with Gasteiger partial charge in [-0.1, -0.05) is 18.2 Å². The summed E-state index contributed by atoms with van der Waals surface area (Å²) in [4.78, 5) is 2.26. The van der Waals surface area contributed by atoms with E-state index in [1.165, 1.54) is 18.2 Å². The minimum absolute atomic E-state index is 0.00125. The molecule has 0 amide bonds. The fourth-order valence-corrected chi connectivity index (χ4v) is 4.77. The Kier molecular flexibility index (Phi) is 3.69. The highest BCUT2D eigenvalue weighted by molar-refractivity contribution is 7.89. The van der Waals surface area contributed by atoms with Gasteiger partial charge in [-0.15, -0.1) is 0 Å². The molecule has 0 saturated carbocycles. The summed E-state index contributed by atoms with van der Waals surface area (Å²) in [5.74, 6) is -0.530. The fourth-order valence-electron chi connectivity index (χ4n) is 3.40. The van der Waals surface area contributed by atoms with Crippen molar-refractivity contribution in [2.24, 2.45) is 0 Å². The maximum atomic E-state index is 14.2. The number of rotatable bonds is 3. The van der Waals surface area contributed by atoms with Crippen LogP contribution in [0.5, 0.6) is 0 Å². The molecule has 4 rings (SSSR count). The zero-order chi connectivity index (χ0) is 16.7. The molecule has 1 fully saturated rings. The molecule has 1 unspecified atom stereocenters. The van der Waals surface area contributed by atoms with Crippen LogP contribution in [0.25, 0.3) is 0 Å². The average molecular weight is 347 g/mol. The van der Waals surface area contributed by atoms with Crippen LogP contribution in [0.4, 0.5) is 15.8 Å². The van der Waals surface area contributed by atoms with Gasteiger partial charge in [-0.2, -0.15) is 4.72 Å². The van der Waals surface area contributed by atoms with Crippen molar-refractivity contribution in [2.45, 2.75) is 23.9 Å². The number of hydrogen-bond donors (Lipinski definition) is 2. The molecule has 1 atom stereocenters. The van der Waals surface area contributed by atoms with Crippen LogP contribution in [0.3, 0.4) is 0 Å². The number of fused-ring (bicyclic) bond motifs is 1. The topological polar surface area (TPSA) is 61.4 Å². The Morgan fingerprint density at radius 2 is 1.83 bits per heavy atom. The Hall–Kier alpha value is -2.12. The molecule has 126 valence electrons. The molecule has 2 aliphatic heterocycles. The van der Waals surface area contributed by atoms with Crippen molar-refractivity contribution in [2.75, 3.05) is 23.3 Å². The summed E-state index contributed by atoms with van der Waals surface area (Å²) in [5.41, 5.74) is 1.95. The molecule has 24 heavy (non-hydrogen) atoms. The maximum Gasteiger partial charge on any atom is 0.243 e. The quantitative estimate of drug-likeness (QED) is 0.896. The molecule has 0 spiro atoms. The second kappa shape index (κ2) is 5.75. The monoisotopic (exact) mass is 347 g/mol. The number of halogens is 1. The predicted molar refractivity (Wildman–Crippen MR) is 91.0 cm³/mol. The normalized spacial score (nSPS) is 21.7. The van der Waals surface area contributed by atoms with Crippen LogP contribution in [-0.2, 0) is 10.0 Å². The van der Waals surface area contributed by atoms with Crippen molar-refractivity contribution < 1.29 is 12.8 Å². The molecule has 2 aliphatic rings. The number of nitrogens with zero attached hydrogens (tertiary/aromatic N) is 1. The Bertz CT molecular complexity index is 879. The summed E-state index contributed by atoms with van der Waals surface area (Å²) in [6, 6.07) is 11.8. The first kappa shape index (κ1) is 15.4. The highest BCUT2D eigenvalue weighted by Gasteiger charge is 2.36. The zero-order valence-corrected chi connectivity index (χ0v) is 13.8. The minimum Gasteiger partial charge on any atom is -0.370 e. The number of anilines is 2. The van der Waals surface area contributed by atoms with Crippen LogP contribution in [0.1, 0.15) is 24.6 Å². The second-order valence-electron chi connectivity index (χ2n) is 6.06. The highest BCUT2D eigenvalue weighted by Crippen LogP contribution is 2.36. The maximum absolute atomic E-state index is 14.2. The van der Waals surface area contributed by atoms with E-state index in [1.54, 1.807) is 0 Å². The lowest BCUT2D eigenvalue weighted by Crippen LogP contribution is -2.27. The number of hydrogen-bond acceptors (Lipinski definition) is 4. The molecule has 0 radical (unpaired) electrons. The molecule has 1 saturated heterocycles. The van der Waals surface area contributed by atoms with Crippen molar-refractivity contribution in [3.63, 3.8) is 0 Å². The molecule has 0 bridgehead atoms. The van der Waals surface area contributed by atoms with Crippen molar-refractivity contribution in [1.29, 1.82) is 0 Å². The van der Waals surface area contributed by atoms with E-state index >= 15 is 0 Å². The minimum atomic E-state index is -3.70. The Morgan fingerprint density at radius 3 is 2.62 bits per heavy atom. The summed E-state index contributed by atoms with van der Waals surface area (Å²) in [6.07, 6.45) is 1.47. The Balaban J connectivity index is 1.71. The third-order valence-electron chi connectivity index (χ3n) is 4.51. The van der Waals surface area contributed by atoms with Gasteiger partial charge in [-0.25, -0.2) is 12.8 Å². The third kappa shape index (κ3) is 2.53. The molecule has 2 aromatic carbocycles. The van der Waals surface area contributed by atoms with Gasteiger partial charge in [0.25, 0.3) is 0 Å². The van der Waals surface area contributed by atoms with Gasteiger partial charge in [0.15, 0.2) is 0 Å². The SMILES string of the molecule is O=S1(=O)NC(Nc2ccccc2N2CCCC2)c2c(F)cccc21. The summed E-state index contributed by atoms with van der Waals surface area (Å²) < 4.78 is 41.2. The van der Waals surface area contributed by atoms with Gasteiger partial charge in [-0.05, 0) is 37.1 Å². The van der Waals surface area contributed by atoms with Crippen molar-refractivity contribution in [3.05, 3.63) is 53.8 Å². The lowest BCUT2D eigenvalue weighted by molar-refractivity contribution is 0.576. The lowest BCUT2D eigenvalue weighted by atomic mass is 10.1. The number of para-hydroxylation sites is 2. The van der Waals surface area contributed by atoms with Gasteiger partial charge in [0, 0.05) is 18.7 Å². The molecule has 2 N–H and O–H groups in total. The van der Waals surface area contributed by atoms with Crippen LogP contribution in [-0.4, -0.2) is 21.5 Å². The van der Waals surface area contributed by atoms with E-state index in [0.717, 1.165) is 37.3 Å². The van der Waals surface area contributed by atoms with Gasteiger partial charge in [0.1, 0.15) is 12.0 Å². The number of sulfonamides is 1. The molecule has 0 aromatic heterocycles. The van der Waals surface area contributed by atoms with E-state index in [1.807, 2.05) is 24.3 Å². The van der Waals surface area contributed by atoms with E-state index in [2.05, 4.69) is 14.9 Å². The summed E-state index contributed by atoms with van der Waals surface area (Å²) in [6.45, 7) is 1.94. The smallest absolute Gasteiger partial charge is 0.243 e. The molecule has 7 heteroatoms. The second-order valence-corrected chi connectivity index (χ2v) is 7.74. The van der Waals surface area contributed by atoms with E-state index in [-0.39, 0.29) is 10.5 Å². The van der Waals surface area contributed by atoms with Gasteiger partial charge in [0.2, 0.25) is 10.0 Å². The number of nitrogens with one attached hydrogen (secondary N) is 2. The largest absolute Gasteiger partial charge is 0.370 e. The van der Waals surface area contributed by atoms with Crippen LogP contribution in [0, 0.1) is 5.82 Å². The van der Waals surface area contributed by atoms with Crippen LogP contribution >= 0.6 is 0 Å². The molecule has 0 aliphatic carbocycles. The van der Waals surface area contributed by atoms with Gasteiger partial charge in [-0.3, -0.25) is 0 Å². The van der Waals surface area contributed by atoms with E-state index in [0.29, 0.717) is 0 Å². The van der Waals surface area contributed by atoms with Crippen molar-refractivity contribution >= 4 is 21.4 Å². The molecule has 5 nitrogen and oxygen atoms in total. The van der Waals surface area contributed by atoms with Crippen LogP contribution < -0.4 is 14.9 Å². The number of benzene rings is 2. The van der Waals surface area contributed by atoms with Gasteiger partial charge in [0.05, 0.1) is 16.3 Å². The Morgan fingerprint density at radius 1 is 1.08 bits per heavy atom. The third-order valence-corrected chi connectivity index (χ3v) is 6.00. The first-order chi connectivity index (χ1) is 11.6. The molecule has 2 heterocycles. The Labute approximate surface area is 140 Å². The van der Waals surface area contributed by atoms with Crippen molar-refractivity contribution in [1.82, 2.24) is 4.72 Å². The molecule has 2 aromatic rings. The first-order valence-electron chi connectivity index (χ1n) is 7.97. The fraction of sp³-hybridized carbons (Fsp3) is 0.294. The van der Waals surface area contributed by atoms with Crippen LogP contribution in [0.2, 0.25) is 0 Å². The van der Waals surface area contributed by atoms with E-state index in [9.17, 15) is 12.8 Å².